The molecule has 1 heterocycles. The highest BCUT2D eigenvalue weighted by atomic mass is 32.2. The van der Waals surface area contributed by atoms with Crippen LogP contribution in [0.3, 0.4) is 0 Å². The first-order chi connectivity index (χ1) is 13.2. The van der Waals surface area contributed by atoms with Gasteiger partial charge in [-0.05, 0) is 44.5 Å². The Kier molecular flexibility index (Phi) is 5.95. The Morgan fingerprint density at radius 2 is 1.32 bits per heavy atom. The molecule has 0 bridgehead atoms. The summed E-state index contributed by atoms with van der Waals surface area (Å²) in [5.41, 5.74) is 1.92. The highest BCUT2D eigenvalue weighted by Crippen LogP contribution is 2.39. The van der Waals surface area contributed by atoms with Crippen LogP contribution in [0.25, 0.3) is 0 Å². The van der Waals surface area contributed by atoms with Gasteiger partial charge in [0.25, 0.3) is 10.1 Å². The molecule has 3 atom stereocenters. The van der Waals surface area contributed by atoms with Gasteiger partial charge in [0.2, 0.25) is 10.0 Å². The molecule has 0 N–H and O–H groups in total. The molecule has 2 aromatic carbocycles. The van der Waals surface area contributed by atoms with Gasteiger partial charge >= 0.3 is 0 Å². The van der Waals surface area contributed by atoms with E-state index in [4.69, 9.17) is 4.18 Å². The lowest BCUT2D eigenvalue weighted by molar-refractivity contribution is 0.309. The van der Waals surface area contributed by atoms with E-state index < -0.39 is 26.2 Å². The van der Waals surface area contributed by atoms with E-state index in [1.807, 2.05) is 20.8 Å². The molecule has 1 fully saturated rings. The standard InChI is InChI=1S/C20H25NO5S2/c1-4-5-19-20(14-26-28(24,25)18-12-8-16(3)9-13-18)21(19)27(22,23)17-10-6-15(2)7-11-17/h6-13,19-20H,4-5,14H2,1-3H3/t19-,20+,21?/m1/s1. The van der Waals surface area contributed by atoms with Gasteiger partial charge in [-0.15, -0.1) is 0 Å². The first-order valence-corrected chi connectivity index (χ1v) is 12.1. The predicted molar refractivity (Wildman–Crippen MR) is 107 cm³/mol. The van der Waals surface area contributed by atoms with Crippen molar-refractivity contribution in [3.05, 3.63) is 59.7 Å². The number of nitrogens with zero attached hydrogens (tertiary/aromatic N) is 1. The summed E-state index contributed by atoms with van der Waals surface area (Å²) in [6, 6.07) is 12.3. The summed E-state index contributed by atoms with van der Waals surface area (Å²) < 4.78 is 57.3. The van der Waals surface area contributed by atoms with Crippen LogP contribution in [0, 0.1) is 13.8 Å². The van der Waals surface area contributed by atoms with Crippen LogP contribution in [-0.4, -0.2) is 39.8 Å². The Morgan fingerprint density at radius 1 is 0.821 bits per heavy atom. The zero-order valence-electron chi connectivity index (χ0n) is 16.2. The van der Waals surface area contributed by atoms with Crippen molar-refractivity contribution in [1.29, 1.82) is 0 Å². The number of benzene rings is 2. The summed E-state index contributed by atoms with van der Waals surface area (Å²) in [5, 5.41) is 0. The first kappa shape index (κ1) is 21.0. The van der Waals surface area contributed by atoms with Gasteiger partial charge in [0.05, 0.1) is 22.4 Å². The maximum absolute atomic E-state index is 13.0. The Balaban J connectivity index is 1.76. The molecule has 8 heteroatoms. The fraction of sp³-hybridized carbons (Fsp3) is 0.400. The van der Waals surface area contributed by atoms with Gasteiger partial charge in [-0.3, -0.25) is 4.18 Å². The van der Waals surface area contributed by atoms with Crippen molar-refractivity contribution in [3.8, 4) is 0 Å². The van der Waals surface area contributed by atoms with E-state index in [0.717, 1.165) is 17.5 Å². The Morgan fingerprint density at radius 3 is 1.82 bits per heavy atom. The number of rotatable bonds is 8. The first-order valence-electron chi connectivity index (χ1n) is 9.23. The normalized spacial score (nSPS) is 22.2. The summed E-state index contributed by atoms with van der Waals surface area (Å²) in [7, 11) is -7.61. The van der Waals surface area contributed by atoms with Gasteiger partial charge in [0, 0.05) is 6.04 Å². The molecule has 0 aromatic heterocycles. The van der Waals surface area contributed by atoms with Gasteiger partial charge in [-0.1, -0.05) is 48.7 Å². The van der Waals surface area contributed by atoms with E-state index >= 15 is 0 Å². The minimum Gasteiger partial charge on any atom is -0.265 e. The molecule has 1 aliphatic rings. The maximum atomic E-state index is 13.0. The summed E-state index contributed by atoms with van der Waals surface area (Å²) >= 11 is 0. The quantitative estimate of drug-likeness (QED) is 0.481. The SMILES string of the molecule is CCC[C@@H]1[C@H](COS(=O)(=O)c2ccc(C)cc2)N1S(=O)(=O)c1ccc(C)cc1. The fourth-order valence-corrected chi connectivity index (χ4v) is 5.98. The molecular weight excluding hydrogens is 398 g/mol. The Bertz CT molecular complexity index is 1030. The molecule has 0 spiro atoms. The second-order valence-electron chi connectivity index (χ2n) is 7.12. The van der Waals surface area contributed by atoms with Gasteiger partial charge in [0.15, 0.2) is 0 Å². The molecule has 0 aliphatic carbocycles. The number of sulfonamides is 1. The minimum absolute atomic E-state index is 0.0683. The van der Waals surface area contributed by atoms with Crippen LogP contribution < -0.4 is 0 Å². The summed E-state index contributed by atoms with van der Waals surface area (Å²) in [6.45, 7) is 5.53. The summed E-state index contributed by atoms with van der Waals surface area (Å²) in [6.07, 6.45) is 1.45. The maximum Gasteiger partial charge on any atom is 0.297 e. The molecule has 0 radical (unpaired) electrons. The van der Waals surface area contributed by atoms with Crippen LogP contribution in [0.2, 0.25) is 0 Å². The highest BCUT2D eigenvalue weighted by Gasteiger charge is 2.55. The fourth-order valence-electron chi connectivity index (χ4n) is 3.23. The molecule has 3 rings (SSSR count). The summed E-state index contributed by atoms with van der Waals surface area (Å²) in [4.78, 5) is 0.279. The van der Waals surface area contributed by atoms with Crippen molar-refractivity contribution >= 4 is 20.1 Å². The van der Waals surface area contributed by atoms with Gasteiger partial charge in [-0.2, -0.15) is 12.7 Å². The van der Waals surface area contributed by atoms with Crippen LogP contribution >= 0.6 is 0 Å². The van der Waals surface area contributed by atoms with E-state index in [1.165, 1.54) is 16.4 Å². The van der Waals surface area contributed by atoms with E-state index in [9.17, 15) is 16.8 Å². The van der Waals surface area contributed by atoms with Gasteiger partial charge < -0.3 is 0 Å². The molecule has 0 saturated carbocycles. The average molecular weight is 424 g/mol. The van der Waals surface area contributed by atoms with Gasteiger partial charge in [-0.25, -0.2) is 8.42 Å². The van der Waals surface area contributed by atoms with Crippen molar-refractivity contribution in [2.24, 2.45) is 0 Å². The predicted octanol–water partition coefficient (Wildman–Crippen LogP) is 3.25. The lowest BCUT2D eigenvalue weighted by Crippen LogP contribution is -2.19. The van der Waals surface area contributed by atoms with Crippen LogP contribution in [-0.2, 0) is 24.3 Å². The van der Waals surface area contributed by atoms with E-state index in [2.05, 4.69) is 0 Å². The lowest BCUT2D eigenvalue weighted by Gasteiger charge is -2.08. The molecular formula is C20H25NO5S2. The zero-order chi connectivity index (χ0) is 20.5. The second-order valence-corrected chi connectivity index (χ2v) is 10.6. The largest absolute Gasteiger partial charge is 0.297 e. The monoisotopic (exact) mass is 423 g/mol. The minimum atomic E-state index is -3.93. The molecule has 6 nitrogen and oxygen atoms in total. The van der Waals surface area contributed by atoms with Crippen LogP contribution in [0.5, 0.6) is 0 Å². The average Bonchev–Trinajstić information content (AvgIpc) is 3.35. The lowest BCUT2D eigenvalue weighted by atomic mass is 10.2. The topological polar surface area (TPSA) is 80.5 Å². The van der Waals surface area contributed by atoms with Crippen molar-refractivity contribution in [2.75, 3.05) is 6.61 Å². The van der Waals surface area contributed by atoms with Crippen molar-refractivity contribution in [2.45, 2.75) is 55.5 Å². The Labute approximate surface area is 167 Å². The number of hydrogen-bond acceptors (Lipinski definition) is 5. The molecule has 1 saturated heterocycles. The summed E-state index contributed by atoms with van der Waals surface area (Å²) in [5.74, 6) is 0. The molecule has 0 amide bonds. The smallest absolute Gasteiger partial charge is 0.265 e. The second kappa shape index (κ2) is 7.94. The number of aryl methyl sites for hydroxylation is 2. The molecule has 1 unspecified atom stereocenters. The van der Waals surface area contributed by atoms with Crippen LogP contribution in [0.4, 0.5) is 0 Å². The molecule has 2 aromatic rings. The van der Waals surface area contributed by atoms with Crippen LogP contribution in [0.1, 0.15) is 30.9 Å². The highest BCUT2D eigenvalue weighted by molar-refractivity contribution is 7.89. The van der Waals surface area contributed by atoms with E-state index in [-0.39, 0.29) is 22.4 Å². The van der Waals surface area contributed by atoms with Crippen LogP contribution in [0.15, 0.2) is 58.3 Å². The molecule has 152 valence electrons. The third-order valence-electron chi connectivity index (χ3n) is 4.89. The van der Waals surface area contributed by atoms with Crippen molar-refractivity contribution < 1.29 is 21.0 Å². The van der Waals surface area contributed by atoms with E-state index in [0.29, 0.717) is 6.42 Å². The van der Waals surface area contributed by atoms with E-state index in [1.54, 1.807) is 36.4 Å². The third-order valence-corrected chi connectivity index (χ3v) is 8.15. The van der Waals surface area contributed by atoms with Crippen molar-refractivity contribution in [3.63, 3.8) is 0 Å². The van der Waals surface area contributed by atoms with Crippen molar-refractivity contribution in [1.82, 2.24) is 4.31 Å². The zero-order valence-corrected chi connectivity index (χ0v) is 17.8. The molecule has 28 heavy (non-hydrogen) atoms. The Hall–Kier alpha value is -1.74. The number of hydrogen-bond donors (Lipinski definition) is 0. The molecule has 1 aliphatic heterocycles. The third kappa shape index (κ3) is 4.30. The van der Waals surface area contributed by atoms with Gasteiger partial charge in [0.1, 0.15) is 0 Å².